The van der Waals surface area contributed by atoms with Crippen LogP contribution in [-0.2, 0) is 6.42 Å². The van der Waals surface area contributed by atoms with E-state index in [2.05, 4.69) is 39.8 Å². The molecule has 0 spiro atoms. The van der Waals surface area contributed by atoms with E-state index in [1.807, 2.05) is 6.07 Å². The molecule has 1 aliphatic heterocycles. The number of fused-ring (bicyclic) bond motifs is 1. The van der Waals surface area contributed by atoms with Crippen molar-refractivity contribution >= 4 is 5.82 Å². The van der Waals surface area contributed by atoms with Gasteiger partial charge in [0.1, 0.15) is 0 Å². The number of hydrogen-bond acceptors (Lipinski definition) is 2. The molecular formula is C12H13N3. The van der Waals surface area contributed by atoms with E-state index in [9.17, 15) is 0 Å². The van der Waals surface area contributed by atoms with Gasteiger partial charge in [0.2, 0.25) is 0 Å². The monoisotopic (exact) mass is 199 g/mol. The molecule has 1 aromatic heterocycles. The normalized spacial score (nSPS) is 14.4. The predicted octanol–water partition coefficient (Wildman–Crippen LogP) is 2.43. The highest BCUT2D eigenvalue weighted by atomic mass is 15.2. The number of nitrogens with one attached hydrogen (secondary N) is 2. The van der Waals surface area contributed by atoms with Gasteiger partial charge in [0.05, 0.1) is 5.69 Å². The summed E-state index contributed by atoms with van der Waals surface area (Å²) >= 11 is 0. The summed E-state index contributed by atoms with van der Waals surface area (Å²) in [5.74, 6) is 1.03. The number of benzene rings is 1. The maximum Gasteiger partial charge on any atom is 0.151 e. The summed E-state index contributed by atoms with van der Waals surface area (Å²) in [5, 5.41) is 10.7. The molecule has 2 N–H and O–H groups in total. The summed E-state index contributed by atoms with van der Waals surface area (Å²) in [4.78, 5) is 0. The van der Waals surface area contributed by atoms with E-state index in [0.717, 1.165) is 24.5 Å². The Morgan fingerprint density at radius 1 is 1.13 bits per heavy atom. The van der Waals surface area contributed by atoms with Crippen LogP contribution in [0.3, 0.4) is 0 Å². The number of aromatic amines is 1. The lowest BCUT2D eigenvalue weighted by Crippen LogP contribution is -2.10. The average molecular weight is 199 g/mol. The van der Waals surface area contributed by atoms with Crippen molar-refractivity contribution in [3.05, 3.63) is 35.9 Å². The molecule has 0 bridgehead atoms. The van der Waals surface area contributed by atoms with Gasteiger partial charge in [-0.05, 0) is 18.4 Å². The second kappa shape index (κ2) is 3.42. The summed E-state index contributed by atoms with van der Waals surface area (Å²) < 4.78 is 0. The van der Waals surface area contributed by atoms with Crippen molar-refractivity contribution < 1.29 is 0 Å². The van der Waals surface area contributed by atoms with Gasteiger partial charge in [0.15, 0.2) is 5.82 Å². The van der Waals surface area contributed by atoms with Gasteiger partial charge in [-0.3, -0.25) is 5.10 Å². The van der Waals surface area contributed by atoms with Gasteiger partial charge in [0, 0.05) is 12.1 Å². The van der Waals surface area contributed by atoms with E-state index < -0.39 is 0 Å². The third-order valence-electron chi connectivity index (χ3n) is 2.83. The van der Waals surface area contributed by atoms with Crippen LogP contribution in [0, 0.1) is 0 Å². The number of aromatic nitrogens is 2. The number of H-pyrrole nitrogens is 1. The lowest BCUT2D eigenvalue weighted by molar-refractivity contribution is 0.828. The molecule has 1 aromatic carbocycles. The van der Waals surface area contributed by atoms with E-state index in [0.29, 0.717) is 0 Å². The van der Waals surface area contributed by atoms with Crippen LogP contribution in [0.2, 0.25) is 0 Å². The average Bonchev–Trinajstić information content (AvgIpc) is 2.74. The molecule has 0 saturated heterocycles. The highest BCUT2D eigenvalue weighted by molar-refractivity contribution is 5.69. The minimum Gasteiger partial charge on any atom is -0.368 e. The van der Waals surface area contributed by atoms with E-state index in [1.54, 1.807) is 0 Å². The molecule has 2 aromatic rings. The Morgan fingerprint density at radius 2 is 2.00 bits per heavy atom. The fraction of sp³-hybridized carbons (Fsp3) is 0.250. The lowest BCUT2D eigenvalue weighted by Gasteiger charge is -2.12. The van der Waals surface area contributed by atoms with Gasteiger partial charge in [-0.25, -0.2) is 0 Å². The van der Waals surface area contributed by atoms with Crippen LogP contribution >= 0.6 is 0 Å². The first-order valence-electron chi connectivity index (χ1n) is 5.32. The van der Waals surface area contributed by atoms with Gasteiger partial charge in [-0.2, -0.15) is 5.10 Å². The Morgan fingerprint density at radius 3 is 2.87 bits per heavy atom. The topological polar surface area (TPSA) is 40.7 Å². The molecule has 3 rings (SSSR count). The van der Waals surface area contributed by atoms with E-state index in [4.69, 9.17) is 0 Å². The molecule has 0 aliphatic carbocycles. The van der Waals surface area contributed by atoms with Crippen molar-refractivity contribution in [3.8, 4) is 11.3 Å². The highest BCUT2D eigenvalue weighted by Gasteiger charge is 2.16. The first-order chi connectivity index (χ1) is 7.45. The first kappa shape index (κ1) is 8.53. The zero-order valence-electron chi connectivity index (χ0n) is 8.46. The molecule has 76 valence electrons. The Hall–Kier alpha value is -1.77. The summed E-state index contributed by atoms with van der Waals surface area (Å²) in [5.41, 5.74) is 3.71. The van der Waals surface area contributed by atoms with Gasteiger partial charge in [0.25, 0.3) is 0 Å². The second-order valence-corrected chi connectivity index (χ2v) is 3.82. The summed E-state index contributed by atoms with van der Waals surface area (Å²) in [6, 6.07) is 10.4. The van der Waals surface area contributed by atoms with Gasteiger partial charge >= 0.3 is 0 Å². The fourth-order valence-electron chi connectivity index (χ4n) is 2.07. The number of anilines is 1. The summed E-state index contributed by atoms with van der Waals surface area (Å²) in [6.07, 6.45) is 2.30. The standard InChI is InChI=1S/C12H13N3/c1-2-5-9(6-3-1)11-10-7-4-8-13-12(10)15-14-11/h1-3,5-6H,4,7-8H2,(H2,13,14,15). The number of nitrogens with zero attached hydrogens (tertiary/aromatic N) is 1. The molecule has 0 atom stereocenters. The molecule has 2 heterocycles. The Kier molecular flexibility index (Phi) is 1.95. The number of hydrogen-bond donors (Lipinski definition) is 2. The summed E-state index contributed by atoms with van der Waals surface area (Å²) in [6.45, 7) is 1.03. The molecule has 15 heavy (non-hydrogen) atoms. The predicted molar refractivity (Wildman–Crippen MR) is 60.8 cm³/mol. The van der Waals surface area contributed by atoms with Crippen molar-refractivity contribution in [2.45, 2.75) is 12.8 Å². The SMILES string of the molecule is c1ccc(-c2[nH]nc3c2CCCN3)cc1. The molecule has 3 heteroatoms. The van der Waals surface area contributed by atoms with Crippen molar-refractivity contribution in [2.24, 2.45) is 0 Å². The zero-order chi connectivity index (χ0) is 10.1. The third kappa shape index (κ3) is 1.40. The van der Waals surface area contributed by atoms with Gasteiger partial charge < -0.3 is 5.32 Å². The quantitative estimate of drug-likeness (QED) is 0.740. The van der Waals surface area contributed by atoms with Crippen LogP contribution < -0.4 is 5.32 Å². The van der Waals surface area contributed by atoms with Gasteiger partial charge in [-0.15, -0.1) is 0 Å². The van der Waals surface area contributed by atoms with Crippen molar-refractivity contribution in [3.63, 3.8) is 0 Å². The van der Waals surface area contributed by atoms with Crippen molar-refractivity contribution in [1.29, 1.82) is 0 Å². The number of rotatable bonds is 1. The molecule has 0 fully saturated rings. The molecule has 0 radical (unpaired) electrons. The zero-order valence-corrected chi connectivity index (χ0v) is 8.46. The smallest absolute Gasteiger partial charge is 0.151 e. The Balaban J connectivity index is 2.09. The maximum atomic E-state index is 4.30. The molecule has 3 nitrogen and oxygen atoms in total. The van der Waals surface area contributed by atoms with Crippen LogP contribution in [0.4, 0.5) is 5.82 Å². The fourth-order valence-corrected chi connectivity index (χ4v) is 2.07. The van der Waals surface area contributed by atoms with Crippen molar-refractivity contribution in [1.82, 2.24) is 10.2 Å². The Labute approximate surface area is 88.5 Å². The largest absolute Gasteiger partial charge is 0.368 e. The molecule has 1 aliphatic rings. The second-order valence-electron chi connectivity index (χ2n) is 3.82. The molecule has 0 unspecified atom stereocenters. The minimum atomic E-state index is 1.03. The molecule has 0 saturated carbocycles. The summed E-state index contributed by atoms with van der Waals surface area (Å²) in [7, 11) is 0. The molecular weight excluding hydrogens is 186 g/mol. The maximum absolute atomic E-state index is 4.30. The van der Waals surface area contributed by atoms with E-state index in [1.165, 1.54) is 17.5 Å². The van der Waals surface area contributed by atoms with E-state index >= 15 is 0 Å². The lowest BCUT2D eigenvalue weighted by atomic mass is 10.0. The van der Waals surface area contributed by atoms with Gasteiger partial charge in [-0.1, -0.05) is 30.3 Å². The van der Waals surface area contributed by atoms with Crippen LogP contribution in [-0.4, -0.2) is 16.7 Å². The molecule has 0 amide bonds. The van der Waals surface area contributed by atoms with Crippen LogP contribution in [0.25, 0.3) is 11.3 Å². The minimum absolute atomic E-state index is 1.03. The van der Waals surface area contributed by atoms with Crippen molar-refractivity contribution in [2.75, 3.05) is 11.9 Å². The highest BCUT2D eigenvalue weighted by Crippen LogP contribution is 2.29. The third-order valence-corrected chi connectivity index (χ3v) is 2.83. The van der Waals surface area contributed by atoms with Crippen LogP contribution in [0.1, 0.15) is 12.0 Å². The van der Waals surface area contributed by atoms with Crippen LogP contribution in [0.5, 0.6) is 0 Å². The van der Waals surface area contributed by atoms with E-state index in [-0.39, 0.29) is 0 Å². The Bertz CT molecular complexity index is 459. The first-order valence-corrected chi connectivity index (χ1v) is 5.32. The van der Waals surface area contributed by atoms with Crippen LogP contribution in [0.15, 0.2) is 30.3 Å².